The number of rotatable bonds is 9. The normalized spacial score (nSPS) is 18.8. The molecular formula is C36H45BN4O. The van der Waals surface area contributed by atoms with Crippen molar-refractivity contribution in [3.63, 3.8) is 0 Å². The van der Waals surface area contributed by atoms with Crippen LogP contribution in [0, 0.1) is 5.41 Å². The molecule has 2 aliphatic heterocycles. The number of nitrogens with zero attached hydrogens (tertiary/aromatic N) is 4. The zero-order valence-electron chi connectivity index (χ0n) is 26.6. The molecule has 218 valence electrons. The van der Waals surface area contributed by atoms with Gasteiger partial charge in [-0.3, -0.25) is 0 Å². The first-order valence-corrected chi connectivity index (χ1v) is 15.0. The Hall–Kier alpha value is -3.77. The molecule has 4 rings (SSSR count). The molecule has 1 saturated heterocycles. The van der Waals surface area contributed by atoms with Gasteiger partial charge in [0.25, 0.3) is 0 Å². The molecule has 0 bridgehead atoms. The van der Waals surface area contributed by atoms with Crippen molar-refractivity contribution in [3.8, 4) is 11.4 Å². The molecule has 0 spiro atoms. The molecule has 0 N–H and O–H groups in total. The van der Waals surface area contributed by atoms with E-state index in [-0.39, 0.29) is 17.9 Å². The van der Waals surface area contributed by atoms with Gasteiger partial charge in [-0.15, -0.1) is 0 Å². The molecule has 1 aromatic carbocycles. The summed E-state index contributed by atoms with van der Waals surface area (Å²) in [5.74, 6) is 1.91. The van der Waals surface area contributed by atoms with Gasteiger partial charge >= 0.3 is 6.92 Å². The third-order valence-electron chi connectivity index (χ3n) is 8.34. The fourth-order valence-electron chi connectivity index (χ4n) is 5.38. The highest BCUT2D eigenvalue weighted by Crippen LogP contribution is 2.45. The van der Waals surface area contributed by atoms with Crippen molar-refractivity contribution in [2.45, 2.75) is 66.8 Å². The lowest BCUT2D eigenvalue weighted by Crippen LogP contribution is -2.36. The zero-order valence-corrected chi connectivity index (χ0v) is 26.6. The standard InChI is InChI=1S/C36H45BN4O/c1-10-15-26(16-11-2)32-38-33(27(17-12-3)18-13-4)40-34(39-32)30-21-29(28-19-14-20-41(9)24-28)22-31(23-30)37-25-35(5,6)36(7,8)42-37/h10-12,14-23H,1,13,24-25H2,2-9H3/b16-11-,17-12-,26-15+,27-18+. The van der Waals surface area contributed by atoms with Crippen LogP contribution >= 0.6 is 0 Å². The Kier molecular flexibility index (Phi) is 9.68. The molecule has 0 saturated carbocycles. The monoisotopic (exact) mass is 560 g/mol. The molecule has 2 aromatic rings. The molecule has 3 heterocycles. The number of allylic oxidation sites excluding steroid dienone is 11. The van der Waals surface area contributed by atoms with Crippen molar-refractivity contribution >= 4 is 29.1 Å². The smallest absolute Gasteiger partial charge is 0.328 e. The molecule has 2 aliphatic rings. The summed E-state index contributed by atoms with van der Waals surface area (Å²) in [7, 11) is 2.10. The lowest BCUT2D eigenvalue weighted by molar-refractivity contribution is 0.0375. The fraction of sp³-hybridized carbons (Fsp3) is 0.361. The highest BCUT2D eigenvalue weighted by molar-refractivity contribution is 6.68. The molecule has 0 aliphatic carbocycles. The van der Waals surface area contributed by atoms with E-state index >= 15 is 0 Å². The van der Waals surface area contributed by atoms with Crippen molar-refractivity contribution in [2.75, 3.05) is 13.6 Å². The van der Waals surface area contributed by atoms with Crippen LogP contribution in [0.3, 0.4) is 0 Å². The van der Waals surface area contributed by atoms with Crippen LogP contribution in [0.15, 0.2) is 85.7 Å². The van der Waals surface area contributed by atoms with Crippen LogP contribution in [0.25, 0.3) is 28.1 Å². The Morgan fingerprint density at radius 2 is 1.67 bits per heavy atom. The van der Waals surface area contributed by atoms with Crippen LogP contribution < -0.4 is 5.46 Å². The minimum Gasteiger partial charge on any atom is -0.426 e. The molecular weight excluding hydrogens is 515 g/mol. The molecule has 42 heavy (non-hydrogen) atoms. The van der Waals surface area contributed by atoms with Crippen LogP contribution in [0.5, 0.6) is 0 Å². The summed E-state index contributed by atoms with van der Waals surface area (Å²) >= 11 is 0. The van der Waals surface area contributed by atoms with Crippen molar-refractivity contribution in [2.24, 2.45) is 5.41 Å². The molecule has 0 radical (unpaired) electrons. The topological polar surface area (TPSA) is 51.1 Å². The van der Waals surface area contributed by atoms with Crippen LogP contribution in [0.1, 0.15) is 72.1 Å². The summed E-state index contributed by atoms with van der Waals surface area (Å²) in [4.78, 5) is 17.2. The first-order valence-electron chi connectivity index (χ1n) is 15.0. The van der Waals surface area contributed by atoms with Crippen molar-refractivity contribution in [1.82, 2.24) is 19.9 Å². The van der Waals surface area contributed by atoms with Gasteiger partial charge in [-0.1, -0.05) is 88.1 Å². The Balaban J connectivity index is 1.97. The van der Waals surface area contributed by atoms with Crippen molar-refractivity contribution in [1.29, 1.82) is 0 Å². The van der Waals surface area contributed by atoms with Gasteiger partial charge in [-0.25, -0.2) is 15.0 Å². The molecule has 1 fully saturated rings. The Morgan fingerprint density at radius 3 is 2.26 bits per heavy atom. The third-order valence-corrected chi connectivity index (χ3v) is 8.34. The summed E-state index contributed by atoms with van der Waals surface area (Å²) in [5, 5.41) is 0. The Bertz CT molecular complexity index is 1490. The van der Waals surface area contributed by atoms with E-state index in [4.69, 9.17) is 19.6 Å². The van der Waals surface area contributed by atoms with Gasteiger partial charge in [0.2, 0.25) is 0 Å². The average Bonchev–Trinajstić information content (AvgIpc) is 3.18. The number of benzene rings is 1. The SMILES string of the molecule is C=C/C=C(\C=C/C)c1nc(C(/C=C\C)=C/CC)nc(-c2cc(B3CC(C)(C)C(C)(C)O3)cc(C3=CC=CN(C)C3)c2)n1. The highest BCUT2D eigenvalue weighted by atomic mass is 16.5. The quantitative estimate of drug-likeness (QED) is 0.230. The first-order chi connectivity index (χ1) is 20.0. The second-order valence-electron chi connectivity index (χ2n) is 12.2. The maximum atomic E-state index is 6.71. The maximum absolute atomic E-state index is 6.71. The van der Waals surface area contributed by atoms with E-state index in [0.717, 1.165) is 47.0 Å². The average molecular weight is 561 g/mol. The second kappa shape index (κ2) is 13.0. The van der Waals surface area contributed by atoms with Gasteiger partial charge in [0.1, 0.15) is 0 Å². The number of likely N-dealkylation sites (N-methyl/N-ethyl adjacent to an activating group) is 1. The minimum absolute atomic E-state index is 0.0234. The van der Waals surface area contributed by atoms with E-state index in [1.165, 1.54) is 5.57 Å². The predicted octanol–water partition coefficient (Wildman–Crippen LogP) is 7.93. The fourth-order valence-corrected chi connectivity index (χ4v) is 5.38. The maximum Gasteiger partial charge on any atom is 0.328 e. The van der Waals surface area contributed by atoms with Crippen LogP contribution in [0.2, 0.25) is 6.32 Å². The highest BCUT2D eigenvalue weighted by Gasteiger charge is 2.50. The van der Waals surface area contributed by atoms with E-state index < -0.39 is 0 Å². The summed E-state index contributed by atoms with van der Waals surface area (Å²) in [6.45, 7) is 19.8. The van der Waals surface area contributed by atoms with Crippen molar-refractivity contribution in [3.05, 3.63) is 103 Å². The third kappa shape index (κ3) is 6.82. The lowest BCUT2D eigenvalue weighted by atomic mass is 9.54. The molecule has 0 atom stereocenters. The van der Waals surface area contributed by atoms with Crippen LogP contribution in [-0.2, 0) is 4.65 Å². The molecule has 0 amide bonds. The number of hydrogen-bond donors (Lipinski definition) is 0. The molecule has 6 heteroatoms. The van der Waals surface area contributed by atoms with E-state index in [1.54, 1.807) is 6.08 Å². The summed E-state index contributed by atoms with van der Waals surface area (Å²) in [6, 6.07) is 6.71. The van der Waals surface area contributed by atoms with Gasteiger partial charge in [-0.2, -0.15) is 0 Å². The van der Waals surface area contributed by atoms with E-state index in [1.807, 2.05) is 38.2 Å². The van der Waals surface area contributed by atoms with Crippen LogP contribution in [-0.4, -0.2) is 46.0 Å². The summed E-state index contributed by atoms with van der Waals surface area (Å²) in [5.41, 5.74) is 6.16. The van der Waals surface area contributed by atoms with Crippen molar-refractivity contribution < 1.29 is 4.65 Å². The number of aromatic nitrogens is 3. The first kappa shape index (κ1) is 31.2. The van der Waals surface area contributed by atoms with E-state index in [0.29, 0.717) is 17.5 Å². The van der Waals surface area contributed by atoms with Gasteiger partial charge in [0.15, 0.2) is 17.5 Å². The largest absolute Gasteiger partial charge is 0.426 e. The van der Waals surface area contributed by atoms with Crippen LogP contribution in [0.4, 0.5) is 0 Å². The van der Waals surface area contributed by atoms with Gasteiger partial charge < -0.3 is 9.55 Å². The lowest BCUT2D eigenvalue weighted by Gasteiger charge is -2.34. The minimum atomic E-state index is -0.238. The van der Waals surface area contributed by atoms with Gasteiger partial charge in [-0.05, 0) is 80.8 Å². The Morgan fingerprint density at radius 1 is 1.00 bits per heavy atom. The molecule has 0 unspecified atom stereocenters. The van der Waals surface area contributed by atoms with Gasteiger partial charge in [0, 0.05) is 30.3 Å². The van der Waals surface area contributed by atoms with Gasteiger partial charge in [0.05, 0.1) is 5.60 Å². The molecule has 5 nitrogen and oxygen atoms in total. The zero-order chi connectivity index (χ0) is 30.5. The number of hydrogen-bond acceptors (Lipinski definition) is 5. The Labute approximate surface area is 253 Å². The summed E-state index contributed by atoms with van der Waals surface area (Å²) in [6.07, 6.45) is 22.2. The van der Waals surface area contributed by atoms with E-state index in [2.05, 4.69) is 102 Å². The predicted molar refractivity (Wildman–Crippen MR) is 180 cm³/mol. The molecule has 1 aromatic heterocycles. The summed E-state index contributed by atoms with van der Waals surface area (Å²) < 4.78 is 6.71. The van der Waals surface area contributed by atoms with E-state index in [9.17, 15) is 0 Å². The second-order valence-corrected chi connectivity index (χ2v) is 12.2.